The number of para-hydroxylation sites is 1. The van der Waals surface area contributed by atoms with E-state index in [-0.39, 0.29) is 28.8 Å². The van der Waals surface area contributed by atoms with Gasteiger partial charge in [0.15, 0.2) is 17.5 Å². The summed E-state index contributed by atoms with van der Waals surface area (Å²) in [5, 5.41) is 36.3. The molecule has 0 fully saturated rings. The van der Waals surface area contributed by atoms with Gasteiger partial charge in [0, 0.05) is 18.4 Å². The van der Waals surface area contributed by atoms with Crippen LogP contribution in [0.4, 0.5) is 5.82 Å². The number of amides is 1. The fourth-order valence-corrected chi connectivity index (χ4v) is 3.60. The Morgan fingerprint density at radius 1 is 1.31 bits per heavy atom. The van der Waals surface area contributed by atoms with Gasteiger partial charge in [-0.15, -0.1) is 15.3 Å². The summed E-state index contributed by atoms with van der Waals surface area (Å²) in [7, 11) is 1.78. The van der Waals surface area contributed by atoms with E-state index in [0.29, 0.717) is 16.4 Å². The van der Waals surface area contributed by atoms with Gasteiger partial charge in [0.1, 0.15) is 12.1 Å². The lowest BCUT2D eigenvalue weighted by molar-refractivity contribution is -0.139. The highest BCUT2D eigenvalue weighted by Crippen LogP contribution is 2.24. The van der Waals surface area contributed by atoms with Crippen LogP contribution in [0.1, 0.15) is 21.7 Å². The van der Waals surface area contributed by atoms with Crippen LogP contribution < -0.4 is 15.9 Å². The number of nitrogens with zero attached hydrogens (tertiary/aromatic N) is 9. The molecule has 0 aliphatic carbocycles. The van der Waals surface area contributed by atoms with E-state index < -0.39 is 18.5 Å². The Morgan fingerprint density at radius 3 is 2.86 bits per heavy atom. The monoisotopic (exact) mass is 499 g/mol. The summed E-state index contributed by atoms with van der Waals surface area (Å²) < 4.78 is 12.8. The molecule has 4 rings (SSSR count). The van der Waals surface area contributed by atoms with E-state index in [1.165, 1.54) is 29.0 Å². The maximum atomic E-state index is 12.9. The SMILES string of the molecule is Cn1cnnc1SCc1c(C(=O)NN=Cc2ccccc2OCC(=O)O)nnn1-c1nonc1N. The highest BCUT2D eigenvalue weighted by molar-refractivity contribution is 7.98. The molecule has 4 N–H and O–H groups in total. The van der Waals surface area contributed by atoms with Gasteiger partial charge in [-0.25, -0.2) is 14.8 Å². The summed E-state index contributed by atoms with van der Waals surface area (Å²) in [5.74, 6) is -1.28. The molecule has 16 nitrogen and oxygen atoms in total. The Labute approximate surface area is 200 Å². The molecule has 0 spiro atoms. The first kappa shape index (κ1) is 23.4. The molecule has 17 heteroatoms. The average Bonchev–Trinajstić information content (AvgIpc) is 3.56. The first-order chi connectivity index (χ1) is 16.9. The minimum absolute atomic E-state index is 0.0391. The fraction of sp³-hybridized carbons (Fsp3) is 0.167. The van der Waals surface area contributed by atoms with E-state index in [2.05, 4.69) is 46.0 Å². The standard InChI is InChI=1S/C18H17N11O5S/c1-28-9-21-24-18(28)35-8-11-14(22-27-29(11)16-15(19)25-34-26-16)17(32)23-20-6-10-4-2-3-5-12(10)33-7-13(30)31/h2-6,9H,7-8H2,1H3,(H2,19,25)(H,23,32)(H,30,31). The van der Waals surface area contributed by atoms with Crippen molar-refractivity contribution in [3.8, 4) is 11.6 Å². The number of hydrogen-bond acceptors (Lipinski definition) is 13. The third-order valence-corrected chi connectivity index (χ3v) is 5.37. The number of aryl methyl sites for hydroxylation is 1. The Balaban J connectivity index is 1.55. The number of hydrogen-bond donors (Lipinski definition) is 3. The van der Waals surface area contributed by atoms with Crippen LogP contribution in [0.15, 0.2) is 45.5 Å². The zero-order valence-electron chi connectivity index (χ0n) is 18.0. The van der Waals surface area contributed by atoms with Crippen LogP contribution in [-0.4, -0.2) is 69.9 Å². The van der Waals surface area contributed by atoms with E-state index in [1.54, 1.807) is 35.9 Å². The Bertz CT molecular complexity index is 1380. The zero-order valence-corrected chi connectivity index (χ0v) is 18.8. The molecule has 1 amide bonds. The molecule has 35 heavy (non-hydrogen) atoms. The first-order valence-corrected chi connectivity index (χ1v) is 10.7. The number of benzene rings is 1. The molecule has 0 saturated heterocycles. The van der Waals surface area contributed by atoms with Gasteiger partial charge in [0.2, 0.25) is 11.6 Å². The van der Waals surface area contributed by atoms with Gasteiger partial charge in [0.25, 0.3) is 5.91 Å². The second-order valence-corrected chi connectivity index (χ2v) is 7.64. The van der Waals surface area contributed by atoms with Crippen LogP contribution in [0, 0.1) is 0 Å². The predicted octanol–water partition coefficient (Wildman–Crippen LogP) is -0.119. The molecule has 4 aromatic rings. The minimum Gasteiger partial charge on any atom is -0.481 e. The summed E-state index contributed by atoms with van der Waals surface area (Å²) in [4.78, 5) is 23.6. The van der Waals surface area contributed by atoms with Crippen molar-refractivity contribution in [3.63, 3.8) is 0 Å². The number of anilines is 1. The van der Waals surface area contributed by atoms with Crippen molar-refractivity contribution in [2.24, 2.45) is 12.1 Å². The highest BCUT2D eigenvalue weighted by atomic mass is 32.2. The molecule has 180 valence electrons. The zero-order chi connectivity index (χ0) is 24.8. The average molecular weight is 499 g/mol. The minimum atomic E-state index is -1.12. The number of hydrazone groups is 1. The maximum absolute atomic E-state index is 12.9. The van der Waals surface area contributed by atoms with Crippen LogP contribution in [0.25, 0.3) is 5.82 Å². The highest BCUT2D eigenvalue weighted by Gasteiger charge is 2.24. The van der Waals surface area contributed by atoms with Crippen molar-refractivity contribution in [1.82, 2.24) is 45.5 Å². The first-order valence-electron chi connectivity index (χ1n) is 9.71. The molecule has 0 unspecified atom stereocenters. The number of thioether (sulfide) groups is 1. The molecule has 1 aromatic carbocycles. The molecular weight excluding hydrogens is 482 g/mol. The van der Waals surface area contributed by atoms with Crippen molar-refractivity contribution < 1.29 is 24.1 Å². The summed E-state index contributed by atoms with van der Waals surface area (Å²) >= 11 is 1.28. The summed E-state index contributed by atoms with van der Waals surface area (Å²) in [6.45, 7) is -0.521. The van der Waals surface area contributed by atoms with E-state index in [0.717, 1.165) is 0 Å². The number of rotatable bonds is 10. The molecule has 3 aromatic heterocycles. The second kappa shape index (κ2) is 10.4. The quantitative estimate of drug-likeness (QED) is 0.148. The molecule has 0 aliphatic heterocycles. The van der Waals surface area contributed by atoms with Crippen molar-refractivity contribution in [1.29, 1.82) is 0 Å². The summed E-state index contributed by atoms with van der Waals surface area (Å²) in [6, 6.07) is 6.61. The number of carbonyl (C=O) groups excluding carboxylic acids is 1. The van der Waals surface area contributed by atoms with Crippen molar-refractivity contribution in [2.75, 3.05) is 12.3 Å². The van der Waals surface area contributed by atoms with E-state index >= 15 is 0 Å². The van der Waals surface area contributed by atoms with Crippen molar-refractivity contribution in [2.45, 2.75) is 10.9 Å². The maximum Gasteiger partial charge on any atom is 0.341 e. The van der Waals surface area contributed by atoms with Gasteiger partial charge in [0.05, 0.1) is 11.9 Å². The lowest BCUT2D eigenvalue weighted by Crippen LogP contribution is -2.20. The normalized spacial score (nSPS) is 11.1. The van der Waals surface area contributed by atoms with Gasteiger partial charge < -0.3 is 20.1 Å². The van der Waals surface area contributed by atoms with Gasteiger partial charge in [-0.3, -0.25) is 4.79 Å². The number of aliphatic carboxylic acids is 1. The molecule has 0 aliphatic rings. The van der Waals surface area contributed by atoms with Crippen LogP contribution >= 0.6 is 11.8 Å². The van der Waals surface area contributed by atoms with E-state index in [1.807, 2.05) is 0 Å². The van der Waals surface area contributed by atoms with Crippen molar-refractivity contribution >= 4 is 35.7 Å². The van der Waals surface area contributed by atoms with E-state index in [9.17, 15) is 9.59 Å². The van der Waals surface area contributed by atoms with Crippen LogP contribution in [0.3, 0.4) is 0 Å². The number of nitrogens with two attached hydrogens (primary N) is 1. The molecule has 0 atom stereocenters. The lowest BCUT2D eigenvalue weighted by Gasteiger charge is -2.06. The van der Waals surface area contributed by atoms with Gasteiger partial charge in [-0.05, 0) is 22.4 Å². The number of carbonyl (C=O) groups is 2. The largest absolute Gasteiger partial charge is 0.481 e. The smallest absolute Gasteiger partial charge is 0.341 e. The molecule has 0 radical (unpaired) electrons. The summed E-state index contributed by atoms with van der Waals surface area (Å²) in [5.41, 5.74) is 8.89. The van der Waals surface area contributed by atoms with Crippen LogP contribution in [0.2, 0.25) is 0 Å². The molecule has 0 bridgehead atoms. The van der Waals surface area contributed by atoms with Gasteiger partial charge >= 0.3 is 5.97 Å². The lowest BCUT2D eigenvalue weighted by atomic mass is 10.2. The molecule has 3 heterocycles. The fourth-order valence-electron chi connectivity index (χ4n) is 2.72. The predicted molar refractivity (Wildman–Crippen MR) is 119 cm³/mol. The summed E-state index contributed by atoms with van der Waals surface area (Å²) in [6.07, 6.45) is 2.85. The second-order valence-electron chi connectivity index (χ2n) is 6.70. The number of nitrogen functional groups attached to an aromatic ring is 1. The van der Waals surface area contributed by atoms with E-state index in [4.69, 9.17) is 15.6 Å². The van der Waals surface area contributed by atoms with Crippen molar-refractivity contribution in [3.05, 3.63) is 47.5 Å². The van der Waals surface area contributed by atoms with Crippen LogP contribution in [0.5, 0.6) is 5.75 Å². The Hall–Kier alpha value is -4.80. The number of aromatic nitrogens is 8. The third kappa shape index (κ3) is 5.41. The number of carboxylic acids is 1. The Kier molecular flexibility index (Phi) is 6.96. The van der Waals surface area contributed by atoms with Gasteiger partial charge in [-0.2, -0.15) is 9.78 Å². The van der Waals surface area contributed by atoms with Gasteiger partial charge in [-0.1, -0.05) is 29.1 Å². The number of ether oxygens (including phenoxy) is 1. The number of carboxylic acid groups (broad SMARTS) is 1. The molecule has 0 saturated carbocycles. The topological polar surface area (TPSA) is 214 Å². The molecular formula is C18H17N11O5S. The number of nitrogens with one attached hydrogen (secondary N) is 1. The van der Waals surface area contributed by atoms with Crippen LogP contribution in [-0.2, 0) is 17.6 Å². The third-order valence-electron chi connectivity index (χ3n) is 4.32. The Morgan fingerprint density at radius 2 is 2.14 bits per heavy atom.